The Balaban J connectivity index is 1.26. The van der Waals surface area contributed by atoms with Crippen LogP contribution >= 0.6 is 56.9 Å². The first-order valence-corrected chi connectivity index (χ1v) is 14.7. The molecule has 1 fully saturated rings. The molecule has 4 nitrogen and oxygen atoms in total. The molecular formula is C29H24I2N2O2S. The van der Waals surface area contributed by atoms with Crippen LogP contribution in [0.15, 0.2) is 83.8 Å². The number of benzene rings is 4. The van der Waals surface area contributed by atoms with Crippen LogP contribution in [0.4, 0.5) is 5.69 Å². The Morgan fingerprint density at radius 1 is 0.944 bits per heavy atom. The quantitative estimate of drug-likeness (QED) is 0.152. The lowest BCUT2D eigenvalue weighted by Gasteiger charge is -2.13. The number of nitrogens with one attached hydrogen (secondary N) is 2. The largest absolute Gasteiger partial charge is 0.487 e. The predicted octanol–water partition coefficient (Wildman–Crippen LogP) is 7.79. The molecule has 0 aliphatic carbocycles. The minimum atomic E-state index is -0.195. The Kier molecular flexibility index (Phi) is 8.07. The second kappa shape index (κ2) is 11.4. The van der Waals surface area contributed by atoms with Gasteiger partial charge >= 0.3 is 0 Å². The molecule has 0 unspecified atom stereocenters. The highest BCUT2D eigenvalue weighted by Crippen LogP contribution is 2.34. The molecule has 182 valence electrons. The van der Waals surface area contributed by atoms with Crippen molar-refractivity contribution in [3.63, 3.8) is 0 Å². The number of fused-ring (bicyclic) bond motifs is 1. The zero-order valence-electron chi connectivity index (χ0n) is 19.6. The topological polar surface area (TPSA) is 50.4 Å². The Morgan fingerprint density at radius 2 is 1.64 bits per heavy atom. The van der Waals surface area contributed by atoms with E-state index in [9.17, 15) is 4.79 Å². The molecular weight excluding hydrogens is 694 g/mol. The number of hydrogen-bond acceptors (Lipinski definition) is 4. The van der Waals surface area contributed by atoms with E-state index in [4.69, 9.17) is 4.74 Å². The van der Waals surface area contributed by atoms with Gasteiger partial charge in [0.1, 0.15) is 12.4 Å². The van der Waals surface area contributed by atoms with Gasteiger partial charge in [0.05, 0.1) is 12.0 Å². The Hall–Kier alpha value is -2.24. The molecule has 1 atom stereocenters. The molecule has 1 heterocycles. The maximum atomic E-state index is 12.6. The van der Waals surface area contributed by atoms with Crippen LogP contribution in [0.2, 0.25) is 0 Å². The van der Waals surface area contributed by atoms with E-state index < -0.39 is 0 Å². The van der Waals surface area contributed by atoms with E-state index in [1.165, 1.54) is 28.1 Å². The zero-order valence-corrected chi connectivity index (χ0v) is 24.7. The smallest absolute Gasteiger partial charge is 0.260 e. The van der Waals surface area contributed by atoms with Gasteiger partial charge in [0.15, 0.2) is 5.50 Å². The van der Waals surface area contributed by atoms with Gasteiger partial charge in [-0.3, -0.25) is 4.79 Å². The van der Waals surface area contributed by atoms with Gasteiger partial charge in [-0.1, -0.05) is 67.2 Å². The van der Waals surface area contributed by atoms with Crippen LogP contribution in [0.5, 0.6) is 5.75 Å². The number of carbonyl (C=O) groups is 1. The van der Waals surface area contributed by atoms with Gasteiger partial charge in [-0.2, -0.15) is 0 Å². The van der Waals surface area contributed by atoms with E-state index in [0.29, 0.717) is 11.5 Å². The summed E-state index contributed by atoms with van der Waals surface area (Å²) in [5.41, 5.74) is 4.20. The monoisotopic (exact) mass is 718 g/mol. The molecule has 1 saturated heterocycles. The number of hydrogen-bond donors (Lipinski definition) is 2. The summed E-state index contributed by atoms with van der Waals surface area (Å²) in [6.07, 6.45) is 2.95. The molecule has 1 aliphatic heterocycles. The average Bonchev–Trinajstić information content (AvgIpc) is 3.22. The molecule has 36 heavy (non-hydrogen) atoms. The fourth-order valence-electron chi connectivity index (χ4n) is 3.99. The Labute approximate surface area is 242 Å². The Bertz CT molecular complexity index is 1430. The summed E-state index contributed by atoms with van der Waals surface area (Å²) in [4.78, 5) is 13.3. The molecule has 4 aromatic rings. The molecule has 0 saturated carbocycles. The van der Waals surface area contributed by atoms with Crippen molar-refractivity contribution >= 4 is 85.4 Å². The predicted molar refractivity (Wildman–Crippen MR) is 167 cm³/mol. The molecule has 4 aromatic carbocycles. The van der Waals surface area contributed by atoms with Gasteiger partial charge in [0.25, 0.3) is 5.91 Å². The summed E-state index contributed by atoms with van der Waals surface area (Å²) in [5.74, 6) is 0.800. The zero-order chi connectivity index (χ0) is 25.1. The van der Waals surface area contributed by atoms with Crippen molar-refractivity contribution in [1.29, 1.82) is 0 Å². The van der Waals surface area contributed by atoms with Crippen molar-refractivity contribution in [3.05, 3.63) is 108 Å². The van der Waals surface area contributed by atoms with E-state index >= 15 is 0 Å². The van der Waals surface area contributed by atoms with Gasteiger partial charge in [-0.15, -0.1) is 0 Å². The molecule has 7 heteroatoms. The van der Waals surface area contributed by atoms with Crippen molar-refractivity contribution < 1.29 is 9.53 Å². The van der Waals surface area contributed by atoms with Gasteiger partial charge in [0, 0.05) is 5.69 Å². The third-order valence-electron chi connectivity index (χ3n) is 5.91. The van der Waals surface area contributed by atoms with Crippen molar-refractivity contribution in [2.45, 2.75) is 25.4 Å². The summed E-state index contributed by atoms with van der Waals surface area (Å²) in [5, 5.41) is 8.83. The third kappa shape index (κ3) is 6.00. The van der Waals surface area contributed by atoms with E-state index in [0.717, 1.165) is 36.1 Å². The van der Waals surface area contributed by atoms with Gasteiger partial charge in [-0.05, 0) is 115 Å². The number of halogens is 2. The van der Waals surface area contributed by atoms with Crippen LogP contribution in [0.25, 0.3) is 16.8 Å². The second-order valence-electron chi connectivity index (χ2n) is 8.46. The van der Waals surface area contributed by atoms with E-state index in [-0.39, 0.29) is 11.4 Å². The molecule has 5 rings (SSSR count). The highest BCUT2D eigenvalue weighted by Gasteiger charge is 2.27. The summed E-state index contributed by atoms with van der Waals surface area (Å²) in [7, 11) is 0. The van der Waals surface area contributed by atoms with Crippen LogP contribution in [0.1, 0.15) is 23.6 Å². The number of ether oxygens (including phenoxy) is 1. The summed E-state index contributed by atoms with van der Waals surface area (Å²) >= 11 is 6.11. The van der Waals surface area contributed by atoms with Crippen molar-refractivity contribution in [2.24, 2.45) is 0 Å². The Morgan fingerprint density at radius 3 is 2.36 bits per heavy atom. The van der Waals surface area contributed by atoms with Crippen LogP contribution < -0.4 is 15.4 Å². The minimum Gasteiger partial charge on any atom is -0.487 e. The summed E-state index contributed by atoms with van der Waals surface area (Å²) in [6, 6.07) is 27.2. The molecule has 1 aliphatic rings. The molecule has 0 radical (unpaired) electrons. The van der Waals surface area contributed by atoms with Crippen LogP contribution in [-0.4, -0.2) is 11.4 Å². The van der Waals surface area contributed by atoms with Crippen LogP contribution in [-0.2, 0) is 17.8 Å². The highest BCUT2D eigenvalue weighted by atomic mass is 127. The molecule has 2 N–H and O–H groups in total. The van der Waals surface area contributed by atoms with Gasteiger partial charge < -0.3 is 15.4 Å². The average molecular weight is 718 g/mol. The fourth-order valence-corrected chi connectivity index (χ4v) is 7.10. The molecule has 0 bridgehead atoms. The van der Waals surface area contributed by atoms with Crippen LogP contribution in [0, 0.1) is 7.14 Å². The van der Waals surface area contributed by atoms with E-state index in [2.05, 4.69) is 142 Å². The molecule has 0 spiro atoms. The first kappa shape index (κ1) is 25.4. The number of amides is 1. The molecule has 1 amide bonds. The highest BCUT2D eigenvalue weighted by molar-refractivity contribution is 14.1. The maximum Gasteiger partial charge on any atom is 0.260 e. The molecule has 0 aromatic heterocycles. The number of thioether (sulfide) groups is 1. The van der Waals surface area contributed by atoms with Gasteiger partial charge in [0.2, 0.25) is 0 Å². The van der Waals surface area contributed by atoms with E-state index in [1.54, 1.807) is 0 Å². The van der Waals surface area contributed by atoms with Crippen molar-refractivity contribution in [2.75, 3.05) is 5.32 Å². The fraction of sp³-hybridized carbons (Fsp3) is 0.138. The third-order valence-corrected chi connectivity index (χ3v) is 8.54. The normalized spacial score (nSPS) is 16.4. The van der Waals surface area contributed by atoms with Crippen molar-refractivity contribution in [1.82, 2.24) is 5.32 Å². The first-order chi connectivity index (χ1) is 17.5. The van der Waals surface area contributed by atoms with Crippen LogP contribution in [0.3, 0.4) is 0 Å². The number of rotatable bonds is 7. The SMILES string of the molecule is CCc1ccc(N[C@@H]2NC(=O)/C(=C/c3cc(I)c(OCc4ccc5ccccc5c4)c(I)c3)S2)cc1. The first-order valence-electron chi connectivity index (χ1n) is 11.6. The standard InChI is InChI=1S/C29H24I2N2O2S/c1-2-18-8-11-23(12-9-18)32-29-33-28(34)26(36-29)16-20-14-24(30)27(25(31)15-20)35-17-19-7-10-21-5-3-4-6-22(21)13-19/h3-16,29,32H,2,17H2,1H3,(H,33,34)/b26-16-/t29-/m1/s1. The van der Waals surface area contributed by atoms with Gasteiger partial charge in [-0.25, -0.2) is 0 Å². The lowest BCUT2D eigenvalue weighted by atomic mass is 10.1. The lowest BCUT2D eigenvalue weighted by Crippen LogP contribution is -2.30. The lowest BCUT2D eigenvalue weighted by molar-refractivity contribution is -0.116. The van der Waals surface area contributed by atoms with Crippen molar-refractivity contribution in [3.8, 4) is 5.75 Å². The summed E-state index contributed by atoms with van der Waals surface area (Å²) < 4.78 is 8.25. The second-order valence-corrected chi connectivity index (χ2v) is 11.9. The minimum absolute atomic E-state index is 0.0654. The number of aryl methyl sites for hydroxylation is 1. The number of anilines is 1. The van der Waals surface area contributed by atoms with E-state index in [1.807, 2.05) is 6.08 Å². The summed E-state index contributed by atoms with van der Waals surface area (Å²) in [6.45, 7) is 2.64. The maximum absolute atomic E-state index is 12.6. The number of carbonyl (C=O) groups excluding carboxylic acids is 1.